The van der Waals surface area contributed by atoms with Crippen LogP contribution in [0.5, 0.6) is 0 Å². The van der Waals surface area contributed by atoms with E-state index >= 15 is 0 Å². The van der Waals surface area contributed by atoms with Crippen molar-refractivity contribution in [1.29, 1.82) is 0 Å². The lowest BCUT2D eigenvalue weighted by Crippen LogP contribution is -1.93. The molecule has 0 saturated heterocycles. The van der Waals surface area contributed by atoms with E-state index in [1.54, 1.807) is 0 Å². The summed E-state index contributed by atoms with van der Waals surface area (Å²) >= 11 is 0. The van der Waals surface area contributed by atoms with Gasteiger partial charge >= 0.3 is 0 Å². The van der Waals surface area contributed by atoms with Crippen LogP contribution in [0.15, 0.2) is 0 Å². The maximum Gasteiger partial charge on any atom is 0.145 e. The molecule has 104 valence electrons. The van der Waals surface area contributed by atoms with Crippen LogP contribution in [-0.4, -0.2) is 30.3 Å². The third-order valence-electron chi connectivity index (χ3n) is 3.09. The highest BCUT2D eigenvalue weighted by Gasteiger charge is 1.93. The molecule has 0 amide bonds. The van der Waals surface area contributed by atoms with Crippen LogP contribution in [0.3, 0.4) is 0 Å². The van der Waals surface area contributed by atoms with Crippen LogP contribution < -0.4 is 0 Å². The molecule has 0 aromatic heterocycles. The van der Waals surface area contributed by atoms with Crippen molar-refractivity contribution in [2.24, 2.45) is 0 Å². The first-order valence-corrected chi connectivity index (χ1v) is 8.30. The summed E-state index contributed by atoms with van der Waals surface area (Å²) in [6, 6.07) is 0. The summed E-state index contributed by atoms with van der Waals surface area (Å²) in [5.74, 6) is 0. The van der Waals surface area contributed by atoms with Crippen LogP contribution in [0.1, 0.15) is 71.1 Å². The van der Waals surface area contributed by atoms with Crippen molar-refractivity contribution < 1.29 is 9.16 Å². The van der Waals surface area contributed by atoms with Crippen molar-refractivity contribution in [3.63, 3.8) is 0 Å². The Morgan fingerprint density at radius 2 is 1.06 bits per heavy atom. The summed E-state index contributed by atoms with van der Waals surface area (Å²) in [5.41, 5.74) is 0. The van der Waals surface area contributed by atoms with E-state index in [1.807, 2.05) is 0 Å². The molecular formula is C14H32O2Si. The quantitative estimate of drug-likeness (QED) is 0.353. The molecule has 0 fully saturated rings. The number of hydrogen-bond donors (Lipinski definition) is 0. The molecule has 0 spiro atoms. The number of rotatable bonds is 14. The van der Waals surface area contributed by atoms with Crippen molar-refractivity contribution in [2.45, 2.75) is 71.1 Å². The van der Waals surface area contributed by atoms with E-state index in [2.05, 4.69) is 6.92 Å². The van der Waals surface area contributed by atoms with E-state index in [-0.39, 0.29) is 0 Å². The predicted molar refractivity (Wildman–Crippen MR) is 78.6 cm³/mol. The van der Waals surface area contributed by atoms with Gasteiger partial charge in [0.05, 0.1) is 0 Å². The van der Waals surface area contributed by atoms with Crippen LogP contribution in [0.25, 0.3) is 0 Å². The van der Waals surface area contributed by atoms with Gasteiger partial charge in [0.25, 0.3) is 0 Å². The van der Waals surface area contributed by atoms with Crippen LogP contribution >= 0.6 is 0 Å². The Balaban J connectivity index is 2.85. The van der Waals surface area contributed by atoms with Gasteiger partial charge in [0.1, 0.15) is 10.5 Å². The normalized spacial score (nSPS) is 11.1. The minimum atomic E-state index is 0.866. The molecule has 0 rings (SSSR count). The van der Waals surface area contributed by atoms with E-state index in [4.69, 9.17) is 9.16 Å². The van der Waals surface area contributed by atoms with Crippen molar-refractivity contribution >= 4 is 10.5 Å². The summed E-state index contributed by atoms with van der Waals surface area (Å²) in [6.45, 7) is 4.88. The summed E-state index contributed by atoms with van der Waals surface area (Å²) < 4.78 is 10.5. The Bertz CT molecular complexity index is 117. The van der Waals surface area contributed by atoms with Gasteiger partial charge in [-0.15, -0.1) is 0 Å². The molecule has 0 N–H and O–H groups in total. The Hall–Kier alpha value is 0.137. The standard InChI is InChI=1S/C14H32O2Si/c1-2-15-13-11-9-7-5-3-4-6-8-10-12-14-16-17/h2-14H2,1,17H3. The zero-order valence-corrected chi connectivity index (χ0v) is 14.0. The van der Waals surface area contributed by atoms with Gasteiger partial charge in [-0.2, -0.15) is 0 Å². The van der Waals surface area contributed by atoms with Crippen molar-refractivity contribution in [3.8, 4) is 0 Å². The lowest BCUT2D eigenvalue weighted by Gasteiger charge is -2.03. The molecule has 0 aromatic rings. The minimum absolute atomic E-state index is 0.866. The van der Waals surface area contributed by atoms with Gasteiger partial charge < -0.3 is 9.16 Å². The highest BCUT2D eigenvalue weighted by molar-refractivity contribution is 5.97. The molecule has 0 aliphatic rings. The molecule has 0 aromatic carbocycles. The second-order valence-corrected chi connectivity index (χ2v) is 5.30. The second kappa shape index (κ2) is 16.1. The monoisotopic (exact) mass is 260 g/mol. The molecule has 0 unspecified atom stereocenters. The number of ether oxygens (including phenoxy) is 1. The minimum Gasteiger partial charge on any atom is -0.428 e. The van der Waals surface area contributed by atoms with Gasteiger partial charge in [0.2, 0.25) is 0 Å². The van der Waals surface area contributed by atoms with Gasteiger partial charge in [-0.25, -0.2) is 0 Å². The van der Waals surface area contributed by atoms with E-state index in [1.165, 1.54) is 64.2 Å². The molecule has 0 bridgehead atoms. The Labute approximate surface area is 111 Å². The van der Waals surface area contributed by atoms with Crippen LogP contribution in [0.2, 0.25) is 0 Å². The third-order valence-corrected chi connectivity index (χ3v) is 3.50. The first kappa shape index (κ1) is 17.1. The molecule has 3 heteroatoms. The molecule has 17 heavy (non-hydrogen) atoms. The van der Waals surface area contributed by atoms with E-state index in [0.717, 1.165) is 30.3 Å². The van der Waals surface area contributed by atoms with Crippen LogP contribution in [0, 0.1) is 0 Å². The predicted octanol–water partition coefficient (Wildman–Crippen LogP) is 3.22. The third kappa shape index (κ3) is 16.1. The van der Waals surface area contributed by atoms with Crippen LogP contribution in [-0.2, 0) is 9.16 Å². The molecule has 2 nitrogen and oxygen atoms in total. The topological polar surface area (TPSA) is 18.5 Å². The number of unbranched alkanes of at least 4 members (excludes halogenated alkanes) is 9. The first-order chi connectivity index (χ1) is 8.41. The van der Waals surface area contributed by atoms with Gasteiger partial charge in [-0.05, 0) is 19.8 Å². The highest BCUT2D eigenvalue weighted by Crippen LogP contribution is 2.10. The molecule has 0 atom stereocenters. The Kier molecular flexibility index (Phi) is 16.3. The van der Waals surface area contributed by atoms with Gasteiger partial charge in [-0.3, -0.25) is 0 Å². The van der Waals surface area contributed by atoms with Crippen LogP contribution in [0.4, 0.5) is 0 Å². The maximum atomic E-state index is 5.32. The molecular weight excluding hydrogens is 228 g/mol. The van der Waals surface area contributed by atoms with E-state index in [0.29, 0.717) is 0 Å². The zero-order chi connectivity index (χ0) is 12.6. The summed E-state index contributed by atoms with van der Waals surface area (Å²) in [5, 5.41) is 0. The van der Waals surface area contributed by atoms with Gasteiger partial charge in [0, 0.05) is 19.8 Å². The van der Waals surface area contributed by atoms with E-state index in [9.17, 15) is 0 Å². The molecule has 0 aliphatic carbocycles. The molecule has 0 saturated carbocycles. The van der Waals surface area contributed by atoms with Crippen molar-refractivity contribution in [3.05, 3.63) is 0 Å². The molecule has 0 aliphatic heterocycles. The Morgan fingerprint density at radius 1 is 0.647 bits per heavy atom. The second-order valence-electron chi connectivity index (χ2n) is 4.73. The summed E-state index contributed by atoms with van der Waals surface area (Å²) in [6.07, 6.45) is 13.7. The lowest BCUT2D eigenvalue weighted by molar-refractivity contribution is 0.143. The maximum absolute atomic E-state index is 5.32. The highest BCUT2D eigenvalue weighted by atomic mass is 28.2. The average Bonchev–Trinajstić information content (AvgIpc) is 2.35. The zero-order valence-electron chi connectivity index (χ0n) is 12.0. The summed E-state index contributed by atoms with van der Waals surface area (Å²) in [4.78, 5) is 0. The number of hydrogen-bond acceptors (Lipinski definition) is 2. The first-order valence-electron chi connectivity index (χ1n) is 7.48. The molecule has 0 radical (unpaired) electrons. The fourth-order valence-electron chi connectivity index (χ4n) is 2.01. The van der Waals surface area contributed by atoms with Crippen molar-refractivity contribution in [2.75, 3.05) is 19.8 Å². The average molecular weight is 260 g/mol. The lowest BCUT2D eigenvalue weighted by atomic mass is 10.1. The summed E-state index contributed by atoms with van der Waals surface area (Å²) in [7, 11) is 0.901. The fraction of sp³-hybridized carbons (Fsp3) is 1.00. The van der Waals surface area contributed by atoms with Gasteiger partial charge in [0.15, 0.2) is 0 Å². The fourth-order valence-corrected chi connectivity index (χ4v) is 2.30. The molecule has 0 heterocycles. The SMILES string of the molecule is CCOCCCCCCCCCCCCO[SiH3]. The van der Waals surface area contributed by atoms with Crippen molar-refractivity contribution in [1.82, 2.24) is 0 Å². The largest absolute Gasteiger partial charge is 0.428 e. The van der Waals surface area contributed by atoms with Gasteiger partial charge in [-0.1, -0.05) is 51.4 Å². The Morgan fingerprint density at radius 3 is 1.47 bits per heavy atom. The van der Waals surface area contributed by atoms with E-state index < -0.39 is 0 Å². The smallest absolute Gasteiger partial charge is 0.145 e.